The molecule has 1 amide bonds. The Morgan fingerprint density at radius 1 is 1.11 bits per heavy atom. The first kappa shape index (κ1) is 16.8. The number of nitrogens with one attached hydrogen (secondary N) is 1. The Labute approximate surface area is 156 Å². The number of carbonyl (C=O) groups is 1. The Balaban J connectivity index is 1.67. The van der Waals surface area contributed by atoms with Gasteiger partial charge in [-0.25, -0.2) is 9.97 Å². The van der Waals surface area contributed by atoms with E-state index in [4.69, 9.17) is 5.73 Å². The SMILES string of the molecule is Cc1ccc(C)c(C(=O)Nc2cccc(-c3cnc4c(N)nccn34)c2)c1. The molecule has 0 atom stereocenters. The average molecular weight is 357 g/mol. The van der Waals surface area contributed by atoms with Gasteiger partial charge >= 0.3 is 0 Å². The van der Waals surface area contributed by atoms with Crippen LogP contribution in [0.1, 0.15) is 21.5 Å². The van der Waals surface area contributed by atoms with E-state index in [-0.39, 0.29) is 5.91 Å². The highest BCUT2D eigenvalue weighted by molar-refractivity contribution is 6.05. The number of nitrogens with zero attached hydrogens (tertiary/aromatic N) is 3. The number of carbonyl (C=O) groups excluding carboxylic acids is 1. The van der Waals surface area contributed by atoms with Crippen LogP contribution < -0.4 is 11.1 Å². The lowest BCUT2D eigenvalue weighted by atomic mass is 10.0. The smallest absolute Gasteiger partial charge is 0.255 e. The number of nitrogen functional groups attached to an aromatic ring is 1. The van der Waals surface area contributed by atoms with Crippen molar-refractivity contribution in [3.63, 3.8) is 0 Å². The van der Waals surface area contributed by atoms with Crippen molar-refractivity contribution in [2.24, 2.45) is 0 Å². The van der Waals surface area contributed by atoms with Crippen molar-refractivity contribution in [3.8, 4) is 11.3 Å². The van der Waals surface area contributed by atoms with E-state index in [2.05, 4.69) is 15.3 Å². The van der Waals surface area contributed by atoms with Gasteiger partial charge in [0.05, 0.1) is 11.9 Å². The van der Waals surface area contributed by atoms with Crippen molar-refractivity contribution in [3.05, 3.63) is 77.7 Å². The molecule has 0 saturated carbocycles. The summed E-state index contributed by atoms with van der Waals surface area (Å²) in [6.45, 7) is 3.91. The number of rotatable bonds is 3. The molecule has 0 aliphatic heterocycles. The molecule has 0 aliphatic carbocycles. The van der Waals surface area contributed by atoms with Crippen LogP contribution in [0.3, 0.4) is 0 Å². The average Bonchev–Trinajstić information content (AvgIpc) is 3.09. The van der Waals surface area contributed by atoms with Crippen LogP contribution in [0.4, 0.5) is 11.5 Å². The zero-order chi connectivity index (χ0) is 19.0. The monoisotopic (exact) mass is 357 g/mol. The molecule has 2 aromatic carbocycles. The molecule has 4 aromatic rings. The summed E-state index contributed by atoms with van der Waals surface area (Å²) < 4.78 is 1.88. The third-order valence-corrected chi connectivity index (χ3v) is 4.51. The topological polar surface area (TPSA) is 85.3 Å². The van der Waals surface area contributed by atoms with Crippen molar-refractivity contribution in [2.45, 2.75) is 13.8 Å². The molecule has 0 radical (unpaired) electrons. The zero-order valence-corrected chi connectivity index (χ0v) is 15.1. The molecule has 0 bridgehead atoms. The first-order valence-electron chi connectivity index (χ1n) is 8.59. The van der Waals surface area contributed by atoms with Gasteiger partial charge in [0.15, 0.2) is 11.5 Å². The van der Waals surface area contributed by atoms with E-state index < -0.39 is 0 Å². The predicted octanol–water partition coefficient (Wildman–Crippen LogP) is 3.85. The summed E-state index contributed by atoms with van der Waals surface area (Å²) in [7, 11) is 0. The number of amides is 1. The minimum absolute atomic E-state index is 0.125. The van der Waals surface area contributed by atoms with E-state index in [1.54, 1.807) is 12.4 Å². The third kappa shape index (κ3) is 3.13. The van der Waals surface area contributed by atoms with E-state index in [9.17, 15) is 4.79 Å². The molecule has 6 nitrogen and oxygen atoms in total. The number of hydrogen-bond donors (Lipinski definition) is 2. The fourth-order valence-electron chi connectivity index (χ4n) is 3.09. The molecule has 0 spiro atoms. The van der Waals surface area contributed by atoms with Crippen molar-refractivity contribution in [2.75, 3.05) is 11.1 Å². The van der Waals surface area contributed by atoms with E-state index in [0.717, 1.165) is 28.1 Å². The van der Waals surface area contributed by atoms with Crippen LogP contribution >= 0.6 is 0 Å². The number of hydrogen-bond acceptors (Lipinski definition) is 4. The first-order valence-corrected chi connectivity index (χ1v) is 8.59. The van der Waals surface area contributed by atoms with E-state index in [0.29, 0.717) is 17.0 Å². The maximum atomic E-state index is 12.7. The Morgan fingerprint density at radius 3 is 2.81 bits per heavy atom. The second-order valence-electron chi connectivity index (χ2n) is 6.50. The highest BCUT2D eigenvalue weighted by atomic mass is 16.1. The molecule has 134 valence electrons. The molecule has 0 fully saturated rings. The second kappa shape index (κ2) is 6.57. The molecule has 0 saturated heterocycles. The van der Waals surface area contributed by atoms with Gasteiger partial charge in [-0.2, -0.15) is 0 Å². The lowest BCUT2D eigenvalue weighted by molar-refractivity contribution is 0.102. The quantitative estimate of drug-likeness (QED) is 0.583. The Hall–Kier alpha value is -3.67. The molecule has 6 heteroatoms. The summed E-state index contributed by atoms with van der Waals surface area (Å²) in [6.07, 6.45) is 5.20. The van der Waals surface area contributed by atoms with Crippen LogP contribution in [0.2, 0.25) is 0 Å². The molecule has 2 heterocycles. The number of anilines is 2. The van der Waals surface area contributed by atoms with E-state index in [1.165, 1.54) is 0 Å². The zero-order valence-electron chi connectivity index (χ0n) is 15.1. The first-order chi connectivity index (χ1) is 13.0. The highest BCUT2D eigenvalue weighted by Crippen LogP contribution is 2.25. The summed E-state index contributed by atoms with van der Waals surface area (Å²) in [5, 5.41) is 2.98. The van der Waals surface area contributed by atoms with Crippen molar-refractivity contribution in [1.82, 2.24) is 14.4 Å². The minimum Gasteiger partial charge on any atom is -0.381 e. The van der Waals surface area contributed by atoms with Gasteiger partial charge in [0.2, 0.25) is 0 Å². The molecule has 0 unspecified atom stereocenters. The standard InChI is InChI=1S/C21H19N5O/c1-13-6-7-14(2)17(10-13)21(27)25-16-5-3-4-15(11-16)18-12-24-20-19(22)23-8-9-26(18)20/h3-12H,1-2H3,(H2,22,23)(H,25,27). The summed E-state index contributed by atoms with van der Waals surface area (Å²) >= 11 is 0. The van der Waals surface area contributed by atoms with E-state index in [1.807, 2.05) is 66.9 Å². The van der Waals surface area contributed by atoms with Crippen molar-refractivity contribution < 1.29 is 4.79 Å². The largest absolute Gasteiger partial charge is 0.381 e. The summed E-state index contributed by atoms with van der Waals surface area (Å²) in [5.74, 6) is 0.253. The van der Waals surface area contributed by atoms with Crippen LogP contribution in [-0.2, 0) is 0 Å². The predicted molar refractivity (Wildman–Crippen MR) is 107 cm³/mol. The van der Waals surface area contributed by atoms with Gasteiger partial charge in [0.25, 0.3) is 5.91 Å². The lowest BCUT2D eigenvalue weighted by Crippen LogP contribution is -2.13. The molecular weight excluding hydrogens is 338 g/mol. The molecule has 3 N–H and O–H groups in total. The molecule has 2 aromatic heterocycles. The van der Waals surface area contributed by atoms with Gasteiger partial charge in [-0.15, -0.1) is 0 Å². The molecule has 27 heavy (non-hydrogen) atoms. The van der Waals surface area contributed by atoms with Gasteiger partial charge in [-0.05, 0) is 37.6 Å². The van der Waals surface area contributed by atoms with Crippen molar-refractivity contribution in [1.29, 1.82) is 0 Å². The second-order valence-corrected chi connectivity index (χ2v) is 6.50. The van der Waals surface area contributed by atoms with Gasteiger partial charge in [0, 0.05) is 29.2 Å². The lowest BCUT2D eigenvalue weighted by Gasteiger charge is -2.10. The van der Waals surface area contributed by atoms with Gasteiger partial charge < -0.3 is 11.1 Å². The fraction of sp³-hybridized carbons (Fsp3) is 0.0952. The minimum atomic E-state index is -0.125. The maximum absolute atomic E-state index is 12.7. The summed E-state index contributed by atoms with van der Waals surface area (Å²) in [4.78, 5) is 21.1. The van der Waals surface area contributed by atoms with Crippen LogP contribution in [-0.4, -0.2) is 20.3 Å². The van der Waals surface area contributed by atoms with Crippen LogP contribution in [0.5, 0.6) is 0 Å². The fourth-order valence-corrected chi connectivity index (χ4v) is 3.09. The summed E-state index contributed by atoms with van der Waals surface area (Å²) in [6, 6.07) is 13.5. The third-order valence-electron chi connectivity index (χ3n) is 4.51. The van der Waals surface area contributed by atoms with Gasteiger partial charge in [-0.1, -0.05) is 29.8 Å². The Kier molecular flexibility index (Phi) is 4.08. The maximum Gasteiger partial charge on any atom is 0.255 e. The number of imidazole rings is 1. The summed E-state index contributed by atoms with van der Waals surface area (Å²) in [5.41, 5.74) is 11.7. The Bertz CT molecular complexity index is 1160. The normalized spacial score (nSPS) is 10.9. The van der Waals surface area contributed by atoms with E-state index >= 15 is 0 Å². The molecular formula is C21H19N5O. The van der Waals surface area contributed by atoms with Crippen LogP contribution in [0, 0.1) is 13.8 Å². The highest BCUT2D eigenvalue weighted by Gasteiger charge is 2.12. The number of aromatic nitrogens is 3. The van der Waals surface area contributed by atoms with Crippen molar-refractivity contribution >= 4 is 23.1 Å². The van der Waals surface area contributed by atoms with Crippen LogP contribution in [0.15, 0.2) is 61.1 Å². The van der Waals surface area contributed by atoms with Crippen LogP contribution in [0.25, 0.3) is 16.9 Å². The molecule has 4 rings (SSSR count). The number of nitrogens with two attached hydrogens (primary N) is 1. The van der Waals surface area contributed by atoms with Gasteiger partial charge in [-0.3, -0.25) is 9.20 Å². The number of fused-ring (bicyclic) bond motifs is 1. The number of benzene rings is 2. The number of aryl methyl sites for hydroxylation is 2. The Morgan fingerprint density at radius 2 is 1.96 bits per heavy atom. The van der Waals surface area contributed by atoms with Gasteiger partial charge in [0.1, 0.15) is 0 Å². The molecule has 0 aliphatic rings.